The van der Waals surface area contributed by atoms with Crippen LogP contribution in [0.25, 0.3) is 0 Å². The van der Waals surface area contributed by atoms with E-state index in [2.05, 4.69) is 0 Å². The van der Waals surface area contributed by atoms with Crippen LogP contribution in [0.5, 0.6) is 0 Å². The van der Waals surface area contributed by atoms with Gasteiger partial charge in [-0.15, -0.1) is 0 Å². The molecule has 0 aliphatic rings. The van der Waals surface area contributed by atoms with Crippen molar-refractivity contribution in [3.63, 3.8) is 0 Å². The van der Waals surface area contributed by atoms with Crippen LogP contribution in [0.2, 0.25) is 0 Å². The molecule has 0 bridgehead atoms. The Morgan fingerprint density at radius 1 is 1.53 bits per heavy atom. The van der Waals surface area contributed by atoms with Crippen molar-refractivity contribution >= 4 is 5.97 Å². The summed E-state index contributed by atoms with van der Waals surface area (Å²) >= 11 is 0. The van der Waals surface area contributed by atoms with Gasteiger partial charge in [-0.25, -0.2) is 0 Å². The van der Waals surface area contributed by atoms with Crippen LogP contribution in [0, 0.1) is 6.92 Å². The van der Waals surface area contributed by atoms with Crippen molar-refractivity contribution in [2.45, 2.75) is 32.2 Å². The van der Waals surface area contributed by atoms with Crippen molar-refractivity contribution in [1.29, 1.82) is 0 Å². The molecule has 3 heteroatoms. The minimum absolute atomic E-state index is 0.00904. The number of carbonyl (C=O) groups is 1. The molecule has 3 N–H and O–H groups in total. The number of hydrogen-bond donors (Lipinski definition) is 2. The summed E-state index contributed by atoms with van der Waals surface area (Å²) in [5.41, 5.74) is 8.09. The van der Waals surface area contributed by atoms with Gasteiger partial charge >= 0.3 is 5.97 Å². The summed E-state index contributed by atoms with van der Waals surface area (Å²) in [4.78, 5) is 10.5. The van der Waals surface area contributed by atoms with E-state index in [1.165, 1.54) is 5.56 Å². The van der Waals surface area contributed by atoms with Crippen LogP contribution in [0.15, 0.2) is 24.3 Å². The van der Waals surface area contributed by atoms with Gasteiger partial charge in [-0.3, -0.25) is 4.79 Å². The van der Waals surface area contributed by atoms with Crippen molar-refractivity contribution in [2.24, 2.45) is 5.73 Å². The first-order valence-corrected chi connectivity index (χ1v) is 5.04. The molecule has 0 saturated heterocycles. The second kappa shape index (κ2) is 4.94. The maximum atomic E-state index is 10.5. The fourth-order valence-electron chi connectivity index (χ4n) is 1.58. The van der Waals surface area contributed by atoms with Gasteiger partial charge in [0.1, 0.15) is 0 Å². The zero-order chi connectivity index (χ0) is 11.4. The molecule has 0 aliphatic carbocycles. The second-order valence-electron chi connectivity index (χ2n) is 3.96. The molecule has 0 fully saturated rings. The fraction of sp³-hybridized carbons (Fsp3) is 0.417. The van der Waals surface area contributed by atoms with Crippen LogP contribution in [-0.4, -0.2) is 17.1 Å². The second-order valence-corrected chi connectivity index (χ2v) is 3.96. The van der Waals surface area contributed by atoms with Crippen LogP contribution in [-0.2, 0) is 4.79 Å². The molecule has 0 aliphatic heterocycles. The molecule has 0 amide bonds. The normalized spacial score (nSPS) is 14.6. The van der Waals surface area contributed by atoms with E-state index < -0.39 is 5.97 Å². The highest BCUT2D eigenvalue weighted by molar-refractivity contribution is 5.67. The van der Waals surface area contributed by atoms with Crippen LogP contribution in [0.3, 0.4) is 0 Å². The number of carboxylic acid groups (broad SMARTS) is 1. The van der Waals surface area contributed by atoms with Gasteiger partial charge in [0.05, 0.1) is 6.42 Å². The molecule has 1 rings (SSSR count). The molecule has 0 aromatic heterocycles. The zero-order valence-electron chi connectivity index (χ0n) is 9.10. The third-order valence-electron chi connectivity index (χ3n) is 2.62. The highest BCUT2D eigenvalue weighted by Gasteiger charge is 2.17. The molecular weight excluding hydrogens is 190 g/mol. The predicted octanol–water partition coefficient (Wildman–Crippen LogP) is 1.90. The molecule has 2 atom stereocenters. The van der Waals surface area contributed by atoms with Gasteiger partial charge in [0, 0.05) is 6.04 Å². The van der Waals surface area contributed by atoms with E-state index in [4.69, 9.17) is 10.8 Å². The Balaban J connectivity index is 2.75. The van der Waals surface area contributed by atoms with Crippen molar-refractivity contribution in [3.8, 4) is 0 Å². The monoisotopic (exact) mass is 207 g/mol. The minimum Gasteiger partial charge on any atom is -0.481 e. The van der Waals surface area contributed by atoms with E-state index in [0.29, 0.717) is 0 Å². The first-order valence-electron chi connectivity index (χ1n) is 5.04. The maximum Gasteiger partial charge on any atom is 0.304 e. The summed E-state index contributed by atoms with van der Waals surface area (Å²) in [7, 11) is 0. The number of hydrogen-bond acceptors (Lipinski definition) is 2. The standard InChI is InChI=1S/C12H17NO2/c1-8-4-3-5-10(6-8)9(2)11(13)7-12(14)15/h3-6,9,11H,7,13H2,1-2H3,(H,14,15). The molecule has 0 radical (unpaired) electrons. The van der Waals surface area contributed by atoms with E-state index in [1.54, 1.807) is 0 Å². The largest absolute Gasteiger partial charge is 0.481 e. The van der Waals surface area contributed by atoms with Crippen molar-refractivity contribution in [3.05, 3.63) is 35.4 Å². The van der Waals surface area contributed by atoms with Crippen molar-refractivity contribution < 1.29 is 9.90 Å². The van der Waals surface area contributed by atoms with Crippen LogP contribution >= 0.6 is 0 Å². The number of carboxylic acids is 1. The molecule has 1 aromatic rings. The average Bonchev–Trinajstić information content (AvgIpc) is 2.15. The quantitative estimate of drug-likeness (QED) is 0.792. The van der Waals surface area contributed by atoms with Gasteiger partial charge in [-0.1, -0.05) is 36.8 Å². The third kappa shape index (κ3) is 3.36. The van der Waals surface area contributed by atoms with Gasteiger partial charge in [0.15, 0.2) is 0 Å². The summed E-state index contributed by atoms with van der Waals surface area (Å²) < 4.78 is 0. The Hall–Kier alpha value is -1.35. The number of rotatable bonds is 4. The summed E-state index contributed by atoms with van der Waals surface area (Å²) in [5.74, 6) is -0.775. The first kappa shape index (κ1) is 11.7. The van der Waals surface area contributed by atoms with Gasteiger partial charge in [0.2, 0.25) is 0 Å². The predicted molar refractivity (Wildman–Crippen MR) is 59.8 cm³/mol. The Morgan fingerprint density at radius 3 is 2.73 bits per heavy atom. The first-order chi connectivity index (χ1) is 7.00. The Morgan fingerprint density at radius 2 is 2.20 bits per heavy atom. The van der Waals surface area contributed by atoms with Gasteiger partial charge in [0.25, 0.3) is 0 Å². The molecule has 0 spiro atoms. The number of aliphatic carboxylic acids is 1. The molecule has 2 unspecified atom stereocenters. The van der Waals surface area contributed by atoms with E-state index in [0.717, 1.165) is 5.56 Å². The number of aryl methyl sites for hydroxylation is 1. The van der Waals surface area contributed by atoms with E-state index in [-0.39, 0.29) is 18.4 Å². The van der Waals surface area contributed by atoms with Gasteiger partial charge < -0.3 is 10.8 Å². The summed E-state index contributed by atoms with van der Waals surface area (Å²) in [6, 6.07) is 7.68. The van der Waals surface area contributed by atoms with Gasteiger partial charge in [-0.05, 0) is 18.4 Å². The summed E-state index contributed by atoms with van der Waals surface area (Å²) in [5, 5.41) is 8.65. The molecule has 3 nitrogen and oxygen atoms in total. The smallest absolute Gasteiger partial charge is 0.304 e. The van der Waals surface area contributed by atoms with Crippen LogP contribution < -0.4 is 5.73 Å². The van der Waals surface area contributed by atoms with E-state index >= 15 is 0 Å². The van der Waals surface area contributed by atoms with Crippen LogP contribution in [0.4, 0.5) is 0 Å². The van der Waals surface area contributed by atoms with E-state index in [1.807, 2.05) is 38.1 Å². The lowest BCUT2D eigenvalue weighted by atomic mass is 9.91. The van der Waals surface area contributed by atoms with Gasteiger partial charge in [-0.2, -0.15) is 0 Å². The lowest BCUT2D eigenvalue weighted by molar-refractivity contribution is -0.137. The molecule has 0 heterocycles. The Kier molecular flexibility index (Phi) is 3.86. The fourth-order valence-corrected chi connectivity index (χ4v) is 1.58. The highest BCUT2D eigenvalue weighted by Crippen LogP contribution is 2.20. The summed E-state index contributed by atoms with van der Waals surface area (Å²) in [6.45, 7) is 3.97. The molecule has 15 heavy (non-hydrogen) atoms. The van der Waals surface area contributed by atoms with Crippen LogP contribution in [0.1, 0.15) is 30.4 Å². The lowest BCUT2D eigenvalue weighted by Crippen LogP contribution is -2.29. The lowest BCUT2D eigenvalue weighted by Gasteiger charge is -2.18. The Labute approximate surface area is 89.9 Å². The molecule has 1 aromatic carbocycles. The van der Waals surface area contributed by atoms with E-state index in [9.17, 15) is 4.79 Å². The minimum atomic E-state index is -0.845. The number of benzene rings is 1. The zero-order valence-corrected chi connectivity index (χ0v) is 9.10. The molecule has 0 saturated carbocycles. The maximum absolute atomic E-state index is 10.5. The van der Waals surface area contributed by atoms with Crippen molar-refractivity contribution in [2.75, 3.05) is 0 Å². The third-order valence-corrected chi connectivity index (χ3v) is 2.62. The highest BCUT2D eigenvalue weighted by atomic mass is 16.4. The molecular formula is C12H17NO2. The topological polar surface area (TPSA) is 63.3 Å². The summed E-state index contributed by atoms with van der Waals surface area (Å²) in [6.07, 6.45) is 0.00904. The number of nitrogens with two attached hydrogens (primary N) is 1. The van der Waals surface area contributed by atoms with Crippen molar-refractivity contribution in [1.82, 2.24) is 0 Å². The average molecular weight is 207 g/mol. The SMILES string of the molecule is Cc1cccc(C(C)C(N)CC(=O)O)c1. The Bertz CT molecular complexity index is 349. The molecule has 82 valence electrons.